The molecule has 4 heteroatoms. The van der Waals surface area contributed by atoms with Crippen molar-refractivity contribution in [1.82, 2.24) is 10.2 Å². The van der Waals surface area contributed by atoms with Gasteiger partial charge < -0.3 is 4.74 Å². The van der Waals surface area contributed by atoms with E-state index < -0.39 is 0 Å². The second-order valence-electron chi connectivity index (χ2n) is 5.54. The minimum Gasteiger partial charge on any atom is -0.359 e. The maximum atomic E-state index is 6.10. The SMILES string of the molecule is CCN1CCCCC1C1(C)NCC(C)CO1.Cl. The molecule has 102 valence electrons. The van der Waals surface area contributed by atoms with E-state index in [1.807, 2.05) is 0 Å². The second kappa shape index (κ2) is 6.37. The van der Waals surface area contributed by atoms with Gasteiger partial charge in [0.05, 0.1) is 12.6 Å². The zero-order valence-corrected chi connectivity index (χ0v) is 12.2. The molecule has 0 radical (unpaired) electrons. The lowest BCUT2D eigenvalue weighted by molar-refractivity contribution is -0.152. The molecule has 2 aliphatic heterocycles. The van der Waals surface area contributed by atoms with E-state index in [9.17, 15) is 0 Å². The van der Waals surface area contributed by atoms with Crippen molar-refractivity contribution >= 4 is 12.4 Å². The lowest BCUT2D eigenvalue weighted by Crippen LogP contribution is -2.65. The van der Waals surface area contributed by atoms with Crippen molar-refractivity contribution in [3.8, 4) is 0 Å². The number of halogens is 1. The summed E-state index contributed by atoms with van der Waals surface area (Å²) in [5.74, 6) is 0.645. The fraction of sp³-hybridized carbons (Fsp3) is 1.00. The summed E-state index contributed by atoms with van der Waals surface area (Å²) in [6.07, 6.45) is 3.96. The number of hydrogen-bond acceptors (Lipinski definition) is 3. The maximum Gasteiger partial charge on any atom is 0.132 e. The van der Waals surface area contributed by atoms with Crippen LogP contribution < -0.4 is 5.32 Å². The zero-order chi connectivity index (χ0) is 11.6. The minimum absolute atomic E-state index is 0. The summed E-state index contributed by atoms with van der Waals surface area (Å²) >= 11 is 0. The van der Waals surface area contributed by atoms with Gasteiger partial charge in [0.25, 0.3) is 0 Å². The van der Waals surface area contributed by atoms with Gasteiger partial charge >= 0.3 is 0 Å². The lowest BCUT2D eigenvalue weighted by Gasteiger charge is -2.49. The molecule has 0 bridgehead atoms. The van der Waals surface area contributed by atoms with Crippen molar-refractivity contribution in [3.05, 3.63) is 0 Å². The third-order valence-corrected chi connectivity index (χ3v) is 4.12. The zero-order valence-electron chi connectivity index (χ0n) is 11.4. The summed E-state index contributed by atoms with van der Waals surface area (Å²) in [5, 5.41) is 3.62. The molecule has 0 aromatic rings. The van der Waals surface area contributed by atoms with Crippen LogP contribution in [0.15, 0.2) is 0 Å². The van der Waals surface area contributed by atoms with E-state index in [2.05, 4.69) is 31.0 Å². The van der Waals surface area contributed by atoms with Crippen LogP contribution in [-0.4, -0.2) is 42.9 Å². The maximum absolute atomic E-state index is 6.10. The molecule has 0 aromatic heterocycles. The van der Waals surface area contributed by atoms with Crippen LogP contribution in [0.25, 0.3) is 0 Å². The predicted molar refractivity (Wildman–Crippen MR) is 73.7 cm³/mol. The molecule has 2 fully saturated rings. The van der Waals surface area contributed by atoms with Gasteiger partial charge in [-0.05, 0) is 38.8 Å². The Kier molecular flexibility index (Phi) is 5.71. The topological polar surface area (TPSA) is 24.5 Å². The van der Waals surface area contributed by atoms with Crippen LogP contribution in [0.4, 0.5) is 0 Å². The molecule has 3 atom stereocenters. The highest BCUT2D eigenvalue weighted by Gasteiger charge is 2.41. The van der Waals surface area contributed by atoms with Gasteiger partial charge in [-0.2, -0.15) is 0 Å². The Morgan fingerprint density at radius 3 is 2.76 bits per heavy atom. The highest BCUT2D eigenvalue weighted by Crippen LogP contribution is 2.29. The minimum atomic E-state index is -0.122. The molecule has 3 unspecified atom stereocenters. The number of likely N-dealkylation sites (tertiary alicyclic amines) is 1. The Hall–Kier alpha value is 0.170. The first kappa shape index (κ1) is 15.2. The van der Waals surface area contributed by atoms with Crippen molar-refractivity contribution in [2.24, 2.45) is 5.92 Å². The standard InChI is InChI=1S/C13H26N2O.ClH/c1-4-15-8-6-5-7-12(15)13(3)14-9-11(2)10-16-13;/h11-12,14H,4-10H2,1-3H3;1H. The molecule has 2 aliphatic rings. The van der Waals surface area contributed by atoms with Crippen LogP contribution in [0, 0.1) is 5.92 Å². The number of ether oxygens (including phenoxy) is 1. The Morgan fingerprint density at radius 1 is 1.41 bits per heavy atom. The van der Waals surface area contributed by atoms with Gasteiger partial charge in [0.15, 0.2) is 0 Å². The summed E-state index contributed by atoms with van der Waals surface area (Å²) < 4.78 is 6.10. The fourth-order valence-electron chi connectivity index (χ4n) is 3.01. The van der Waals surface area contributed by atoms with Gasteiger partial charge in [0, 0.05) is 6.54 Å². The van der Waals surface area contributed by atoms with Gasteiger partial charge in [-0.25, -0.2) is 0 Å². The van der Waals surface area contributed by atoms with Gasteiger partial charge in [0.2, 0.25) is 0 Å². The number of nitrogens with one attached hydrogen (secondary N) is 1. The normalized spacial score (nSPS) is 39.7. The first-order valence-electron chi connectivity index (χ1n) is 6.78. The van der Waals surface area contributed by atoms with Crippen LogP contribution in [-0.2, 0) is 4.74 Å². The monoisotopic (exact) mass is 262 g/mol. The summed E-state index contributed by atoms with van der Waals surface area (Å²) in [6.45, 7) is 11.1. The molecular weight excluding hydrogens is 236 g/mol. The van der Waals surface area contributed by atoms with Crippen LogP contribution in [0.1, 0.15) is 40.0 Å². The van der Waals surface area contributed by atoms with Crippen molar-refractivity contribution in [1.29, 1.82) is 0 Å². The molecule has 2 heterocycles. The van der Waals surface area contributed by atoms with E-state index in [1.165, 1.54) is 25.8 Å². The van der Waals surface area contributed by atoms with Gasteiger partial charge in [-0.15, -0.1) is 12.4 Å². The third-order valence-electron chi connectivity index (χ3n) is 4.12. The molecular formula is C13H27ClN2O. The fourth-order valence-corrected chi connectivity index (χ4v) is 3.01. The third kappa shape index (κ3) is 3.34. The molecule has 3 nitrogen and oxygen atoms in total. The Labute approximate surface area is 112 Å². The smallest absolute Gasteiger partial charge is 0.132 e. The largest absolute Gasteiger partial charge is 0.359 e. The molecule has 0 aliphatic carbocycles. The molecule has 17 heavy (non-hydrogen) atoms. The van der Waals surface area contributed by atoms with E-state index in [0.717, 1.165) is 19.7 Å². The van der Waals surface area contributed by atoms with Crippen LogP contribution in [0.5, 0.6) is 0 Å². The molecule has 2 rings (SSSR count). The Balaban J connectivity index is 0.00000144. The van der Waals surface area contributed by atoms with E-state index in [-0.39, 0.29) is 18.1 Å². The number of piperidine rings is 1. The molecule has 0 aromatic carbocycles. The first-order chi connectivity index (χ1) is 7.65. The van der Waals surface area contributed by atoms with Gasteiger partial charge in [-0.1, -0.05) is 20.3 Å². The molecule has 0 spiro atoms. The summed E-state index contributed by atoms with van der Waals surface area (Å²) in [5.41, 5.74) is -0.122. The summed E-state index contributed by atoms with van der Waals surface area (Å²) in [4.78, 5) is 2.58. The number of likely N-dealkylation sites (N-methyl/N-ethyl adjacent to an activating group) is 1. The molecule has 2 saturated heterocycles. The van der Waals surface area contributed by atoms with E-state index in [1.54, 1.807) is 0 Å². The van der Waals surface area contributed by atoms with Crippen molar-refractivity contribution in [3.63, 3.8) is 0 Å². The lowest BCUT2D eigenvalue weighted by atomic mass is 9.92. The summed E-state index contributed by atoms with van der Waals surface area (Å²) in [6, 6.07) is 0.554. The quantitative estimate of drug-likeness (QED) is 0.826. The molecule has 0 saturated carbocycles. The average molecular weight is 263 g/mol. The highest BCUT2D eigenvalue weighted by molar-refractivity contribution is 5.85. The predicted octanol–water partition coefficient (Wildman–Crippen LogP) is 2.25. The van der Waals surface area contributed by atoms with Crippen LogP contribution in [0.3, 0.4) is 0 Å². The van der Waals surface area contributed by atoms with Gasteiger partial charge in [-0.3, -0.25) is 10.2 Å². The van der Waals surface area contributed by atoms with Crippen LogP contribution in [0.2, 0.25) is 0 Å². The van der Waals surface area contributed by atoms with E-state index >= 15 is 0 Å². The number of rotatable bonds is 2. The average Bonchev–Trinajstić information content (AvgIpc) is 2.33. The van der Waals surface area contributed by atoms with E-state index in [0.29, 0.717) is 12.0 Å². The van der Waals surface area contributed by atoms with Crippen molar-refractivity contribution in [2.45, 2.75) is 51.8 Å². The second-order valence-corrected chi connectivity index (χ2v) is 5.54. The molecule has 0 amide bonds. The van der Waals surface area contributed by atoms with E-state index in [4.69, 9.17) is 4.74 Å². The van der Waals surface area contributed by atoms with Crippen molar-refractivity contribution < 1.29 is 4.74 Å². The van der Waals surface area contributed by atoms with Crippen molar-refractivity contribution in [2.75, 3.05) is 26.2 Å². The number of nitrogens with zero attached hydrogens (tertiary/aromatic N) is 1. The van der Waals surface area contributed by atoms with Gasteiger partial charge in [0.1, 0.15) is 5.72 Å². The summed E-state index contributed by atoms with van der Waals surface area (Å²) in [7, 11) is 0. The first-order valence-corrected chi connectivity index (χ1v) is 6.78. The Bertz CT molecular complexity index is 229. The highest BCUT2D eigenvalue weighted by atomic mass is 35.5. The van der Waals surface area contributed by atoms with Crippen LogP contribution >= 0.6 is 12.4 Å². The Morgan fingerprint density at radius 2 is 2.18 bits per heavy atom. The number of hydrogen-bond donors (Lipinski definition) is 1. The molecule has 1 N–H and O–H groups in total.